The van der Waals surface area contributed by atoms with Crippen molar-refractivity contribution < 1.29 is 27.8 Å². The number of carboxylic acid groups (broad SMARTS) is 1. The van der Waals surface area contributed by atoms with Gasteiger partial charge in [-0.1, -0.05) is 0 Å². The summed E-state index contributed by atoms with van der Waals surface area (Å²) in [6, 6.07) is 4.86. The summed E-state index contributed by atoms with van der Waals surface area (Å²) < 4.78 is 39.9. The second-order valence-corrected chi connectivity index (χ2v) is 4.52. The lowest BCUT2D eigenvalue weighted by Crippen LogP contribution is -2.16. The highest BCUT2D eigenvalue weighted by atomic mass is 79.9. The van der Waals surface area contributed by atoms with Crippen LogP contribution < -0.4 is 4.74 Å². The molecule has 0 amide bonds. The lowest BCUT2D eigenvalue weighted by atomic mass is 10.1. The molecule has 0 aliphatic heterocycles. The van der Waals surface area contributed by atoms with Gasteiger partial charge in [0.2, 0.25) is 0 Å². The second kappa shape index (κ2) is 5.68. The normalized spacial score (nSPS) is 11.2. The van der Waals surface area contributed by atoms with E-state index >= 15 is 0 Å². The number of nitrogens with zero attached hydrogens (tertiary/aromatic N) is 2. The van der Waals surface area contributed by atoms with Crippen molar-refractivity contribution in [3.63, 3.8) is 0 Å². The second-order valence-electron chi connectivity index (χ2n) is 3.77. The summed E-state index contributed by atoms with van der Waals surface area (Å²) in [6.07, 6.45) is -3.47. The fourth-order valence-corrected chi connectivity index (χ4v) is 1.84. The quantitative estimate of drug-likeness (QED) is 0.904. The molecular formula is C12H6BrF3N2O3. The Balaban J connectivity index is 2.31. The van der Waals surface area contributed by atoms with Crippen molar-refractivity contribution in [3.8, 4) is 17.0 Å². The molecule has 0 spiro atoms. The van der Waals surface area contributed by atoms with Crippen LogP contribution in [0.1, 0.15) is 10.5 Å². The van der Waals surface area contributed by atoms with Crippen molar-refractivity contribution in [2.45, 2.75) is 6.36 Å². The number of aromatic nitrogens is 2. The number of rotatable bonds is 3. The molecule has 0 aliphatic rings. The van der Waals surface area contributed by atoms with E-state index in [4.69, 9.17) is 5.11 Å². The number of carbonyl (C=O) groups is 1. The van der Waals surface area contributed by atoms with Gasteiger partial charge in [-0.05, 0) is 40.2 Å². The largest absolute Gasteiger partial charge is 0.573 e. The van der Waals surface area contributed by atoms with E-state index < -0.39 is 12.3 Å². The minimum atomic E-state index is -4.77. The molecule has 110 valence electrons. The summed E-state index contributed by atoms with van der Waals surface area (Å²) in [5.41, 5.74) is 0.337. The van der Waals surface area contributed by atoms with Crippen LogP contribution in [0, 0.1) is 0 Å². The van der Waals surface area contributed by atoms with Crippen molar-refractivity contribution in [2.24, 2.45) is 0 Å². The molecule has 0 saturated heterocycles. The van der Waals surface area contributed by atoms with Gasteiger partial charge in [-0.25, -0.2) is 14.8 Å². The maximum absolute atomic E-state index is 12.0. The van der Waals surface area contributed by atoms with Crippen LogP contribution in [0.15, 0.2) is 35.1 Å². The molecule has 0 aliphatic carbocycles. The molecule has 1 heterocycles. The van der Waals surface area contributed by atoms with Crippen LogP contribution in [-0.2, 0) is 0 Å². The van der Waals surface area contributed by atoms with E-state index in [1.807, 2.05) is 0 Å². The van der Waals surface area contributed by atoms with Crippen LogP contribution in [-0.4, -0.2) is 27.4 Å². The fourth-order valence-electron chi connectivity index (χ4n) is 1.48. The molecule has 0 saturated carbocycles. The number of hydrogen-bond acceptors (Lipinski definition) is 4. The van der Waals surface area contributed by atoms with E-state index in [2.05, 4.69) is 30.6 Å². The molecule has 0 fully saturated rings. The lowest BCUT2D eigenvalue weighted by molar-refractivity contribution is -0.274. The molecule has 0 unspecified atom stereocenters. The van der Waals surface area contributed by atoms with E-state index in [1.54, 1.807) is 0 Å². The molecule has 1 aromatic heterocycles. The third-order valence-electron chi connectivity index (χ3n) is 2.31. The first-order valence-electron chi connectivity index (χ1n) is 5.38. The van der Waals surface area contributed by atoms with E-state index in [0.717, 1.165) is 12.1 Å². The predicted molar refractivity (Wildman–Crippen MR) is 68.8 cm³/mol. The summed E-state index contributed by atoms with van der Waals surface area (Å²) in [6.45, 7) is 0. The number of hydrogen-bond donors (Lipinski definition) is 1. The molecule has 1 N–H and O–H groups in total. The van der Waals surface area contributed by atoms with Crippen LogP contribution in [0.2, 0.25) is 0 Å². The Bertz CT molecular complexity index is 674. The number of ether oxygens (including phenoxy) is 1. The summed E-state index contributed by atoms with van der Waals surface area (Å²) >= 11 is 2.95. The molecule has 2 aromatic rings. The molecule has 9 heteroatoms. The Morgan fingerprint density at radius 3 is 2.38 bits per heavy atom. The number of alkyl halides is 3. The molecule has 1 aromatic carbocycles. The number of benzene rings is 1. The van der Waals surface area contributed by atoms with E-state index in [9.17, 15) is 18.0 Å². The molecule has 0 radical (unpaired) electrons. The van der Waals surface area contributed by atoms with Crippen molar-refractivity contribution in [3.05, 3.63) is 40.8 Å². The first kappa shape index (κ1) is 15.2. The van der Waals surface area contributed by atoms with Crippen molar-refractivity contribution in [1.82, 2.24) is 9.97 Å². The Kier molecular flexibility index (Phi) is 4.12. The Hall–Kier alpha value is -2.16. The highest BCUT2D eigenvalue weighted by Gasteiger charge is 2.31. The zero-order valence-corrected chi connectivity index (χ0v) is 11.6. The van der Waals surface area contributed by atoms with Crippen LogP contribution in [0.4, 0.5) is 13.2 Å². The first-order chi connectivity index (χ1) is 9.76. The molecule has 2 rings (SSSR count). The average molecular weight is 363 g/mol. The topological polar surface area (TPSA) is 72.3 Å². The minimum absolute atomic E-state index is 0.0655. The van der Waals surface area contributed by atoms with E-state index in [-0.39, 0.29) is 21.7 Å². The number of aromatic carboxylic acids is 1. The van der Waals surface area contributed by atoms with E-state index in [1.165, 1.54) is 18.3 Å². The lowest BCUT2D eigenvalue weighted by Gasteiger charge is -2.09. The van der Waals surface area contributed by atoms with Crippen LogP contribution in [0.5, 0.6) is 5.75 Å². The standard InChI is InChI=1S/C12H6BrF3N2O3/c13-10-9(11(19)20)18-8(5-17-10)6-1-3-7(4-2-6)21-12(14,15)16/h1-5H,(H,19,20). The summed E-state index contributed by atoms with van der Waals surface area (Å²) in [4.78, 5) is 18.6. The van der Waals surface area contributed by atoms with Crippen LogP contribution in [0.3, 0.4) is 0 Å². The third-order valence-corrected chi connectivity index (χ3v) is 2.89. The number of carboxylic acids is 1. The SMILES string of the molecule is O=C(O)c1nc(-c2ccc(OC(F)(F)F)cc2)cnc1Br. The van der Waals surface area contributed by atoms with Gasteiger partial charge in [-0.2, -0.15) is 0 Å². The van der Waals surface area contributed by atoms with Gasteiger partial charge in [0, 0.05) is 5.56 Å². The molecule has 21 heavy (non-hydrogen) atoms. The highest BCUT2D eigenvalue weighted by Crippen LogP contribution is 2.26. The molecule has 5 nitrogen and oxygen atoms in total. The predicted octanol–water partition coefficient (Wildman–Crippen LogP) is 3.50. The van der Waals surface area contributed by atoms with Gasteiger partial charge in [0.15, 0.2) is 5.69 Å². The molecular weight excluding hydrogens is 357 g/mol. The van der Waals surface area contributed by atoms with Gasteiger partial charge < -0.3 is 9.84 Å². The monoisotopic (exact) mass is 362 g/mol. The Morgan fingerprint density at radius 1 is 1.24 bits per heavy atom. The van der Waals surface area contributed by atoms with Crippen molar-refractivity contribution in [1.29, 1.82) is 0 Å². The van der Waals surface area contributed by atoms with Crippen LogP contribution in [0.25, 0.3) is 11.3 Å². The van der Waals surface area contributed by atoms with Gasteiger partial charge in [-0.15, -0.1) is 13.2 Å². The van der Waals surface area contributed by atoms with Gasteiger partial charge >= 0.3 is 12.3 Å². The zero-order chi connectivity index (χ0) is 15.6. The molecule has 0 atom stereocenters. The number of halogens is 4. The Morgan fingerprint density at radius 2 is 1.86 bits per heavy atom. The smallest absolute Gasteiger partial charge is 0.476 e. The fraction of sp³-hybridized carbons (Fsp3) is 0.0833. The maximum atomic E-state index is 12.0. The third kappa shape index (κ3) is 3.91. The van der Waals surface area contributed by atoms with Gasteiger partial charge in [-0.3, -0.25) is 0 Å². The minimum Gasteiger partial charge on any atom is -0.476 e. The molecule has 0 bridgehead atoms. The zero-order valence-electron chi connectivity index (χ0n) is 10.1. The van der Waals surface area contributed by atoms with Crippen molar-refractivity contribution >= 4 is 21.9 Å². The van der Waals surface area contributed by atoms with Gasteiger partial charge in [0.25, 0.3) is 0 Å². The van der Waals surface area contributed by atoms with Crippen molar-refractivity contribution in [2.75, 3.05) is 0 Å². The average Bonchev–Trinajstić information content (AvgIpc) is 2.38. The van der Waals surface area contributed by atoms with Gasteiger partial charge in [0.05, 0.1) is 11.9 Å². The maximum Gasteiger partial charge on any atom is 0.573 e. The Labute approximate surface area is 124 Å². The highest BCUT2D eigenvalue weighted by molar-refractivity contribution is 9.10. The summed E-state index contributed by atoms with van der Waals surface area (Å²) in [5.74, 6) is -1.65. The van der Waals surface area contributed by atoms with E-state index in [0.29, 0.717) is 5.56 Å². The first-order valence-corrected chi connectivity index (χ1v) is 6.17. The van der Waals surface area contributed by atoms with Gasteiger partial charge in [0.1, 0.15) is 10.4 Å². The van der Waals surface area contributed by atoms with Crippen LogP contribution >= 0.6 is 15.9 Å². The summed E-state index contributed by atoms with van der Waals surface area (Å²) in [7, 11) is 0. The summed E-state index contributed by atoms with van der Waals surface area (Å²) in [5, 5.41) is 8.93.